The van der Waals surface area contributed by atoms with E-state index in [0.29, 0.717) is 31.5 Å². The maximum Gasteiger partial charge on any atom is 0.239 e. The Labute approximate surface area is 238 Å². The molecular weight excluding hydrogens is 599 g/mol. The first-order valence-electron chi connectivity index (χ1n) is 10.7. The lowest BCUT2D eigenvalue weighted by Gasteiger charge is -2.28. The fourth-order valence-corrected chi connectivity index (χ4v) is 6.56. The fourth-order valence-electron chi connectivity index (χ4n) is 3.79. The first-order valence-corrected chi connectivity index (χ1v) is 14.8. The van der Waals surface area contributed by atoms with Crippen LogP contribution in [0, 0.1) is 5.82 Å². The summed E-state index contributed by atoms with van der Waals surface area (Å²) in [5, 5.41) is 6.99. The molecule has 5 nitrogen and oxygen atoms in total. The SMILES string of the molecule is CC(C)(c1ccc(Cl)c(Cl)c1)c1cnc(SCc2cc(S(N)(=O)=O)c(Cl)cc2Cl)n1-c1ccc(F)cc1. The number of nitrogens with zero attached hydrogens (tertiary/aromatic N) is 2. The summed E-state index contributed by atoms with van der Waals surface area (Å²) in [7, 11) is -4.04. The van der Waals surface area contributed by atoms with Crippen LogP contribution < -0.4 is 5.14 Å². The summed E-state index contributed by atoms with van der Waals surface area (Å²) in [6.45, 7) is 4.04. The summed E-state index contributed by atoms with van der Waals surface area (Å²) in [6.07, 6.45) is 1.74. The maximum atomic E-state index is 13.7. The van der Waals surface area contributed by atoms with E-state index in [-0.39, 0.29) is 21.5 Å². The van der Waals surface area contributed by atoms with Crippen molar-refractivity contribution in [3.8, 4) is 5.69 Å². The van der Waals surface area contributed by atoms with Crippen LogP contribution in [0.15, 0.2) is 70.8 Å². The Morgan fingerprint density at radius 3 is 2.24 bits per heavy atom. The third-order valence-electron chi connectivity index (χ3n) is 5.86. The van der Waals surface area contributed by atoms with Crippen LogP contribution in [-0.2, 0) is 21.2 Å². The normalized spacial score (nSPS) is 12.2. The Kier molecular flexibility index (Phi) is 8.22. The summed E-state index contributed by atoms with van der Waals surface area (Å²) in [4.78, 5) is 4.43. The van der Waals surface area contributed by atoms with Gasteiger partial charge < -0.3 is 0 Å². The van der Waals surface area contributed by atoms with E-state index in [2.05, 4.69) is 4.98 Å². The van der Waals surface area contributed by atoms with Gasteiger partial charge in [-0.05, 0) is 59.7 Å². The third kappa shape index (κ3) is 5.96. The number of hydrogen-bond donors (Lipinski definition) is 1. The highest BCUT2D eigenvalue weighted by Crippen LogP contribution is 2.39. The van der Waals surface area contributed by atoms with Gasteiger partial charge in [0, 0.05) is 21.9 Å². The van der Waals surface area contributed by atoms with Gasteiger partial charge >= 0.3 is 0 Å². The van der Waals surface area contributed by atoms with Crippen molar-refractivity contribution < 1.29 is 12.8 Å². The van der Waals surface area contributed by atoms with Crippen molar-refractivity contribution >= 4 is 68.2 Å². The zero-order valence-corrected chi connectivity index (χ0v) is 24.1. The zero-order chi connectivity index (χ0) is 27.1. The molecule has 4 aromatic rings. The second-order valence-corrected chi connectivity index (χ2v) is 12.8. The van der Waals surface area contributed by atoms with E-state index in [9.17, 15) is 12.8 Å². The van der Waals surface area contributed by atoms with Crippen molar-refractivity contribution in [1.29, 1.82) is 0 Å². The summed E-state index contributed by atoms with van der Waals surface area (Å²) >= 11 is 26.1. The Balaban J connectivity index is 1.79. The van der Waals surface area contributed by atoms with Gasteiger partial charge in [0.15, 0.2) is 5.16 Å². The molecule has 0 saturated heterocycles. The number of aromatic nitrogens is 2. The van der Waals surface area contributed by atoms with Gasteiger partial charge in [-0.3, -0.25) is 4.57 Å². The maximum absolute atomic E-state index is 13.7. The number of hydrogen-bond acceptors (Lipinski definition) is 4. The molecule has 0 unspecified atom stereocenters. The topological polar surface area (TPSA) is 78.0 Å². The molecule has 0 saturated carbocycles. The number of benzene rings is 3. The highest BCUT2D eigenvalue weighted by Gasteiger charge is 2.30. The average molecular weight is 619 g/mol. The van der Waals surface area contributed by atoms with Gasteiger partial charge in [-0.25, -0.2) is 22.9 Å². The van der Waals surface area contributed by atoms with Crippen molar-refractivity contribution in [2.24, 2.45) is 5.14 Å². The van der Waals surface area contributed by atoms with E-state index in [1.807, 2.05) is 24.5 Å². The Hall–Kier alpha value is -1.78. The lowest BCUT2D eigenvalue weighted by molar-refractivity contribution is 0.591. The van der Waals surface area contributed by atoms with Crippen LogP contribution in [-0.4, -0.2) is 18.0 Å². The standard InChI is InChI=1S/C25H20Cl4FN3O2S2/c1-25(2,15-3-8-18(26)20(28)10-15)23-12-32-24(33(23)17-6-4-16(30)5-7-17)36-13-14-9-22(37(31,34)35)21(29)11-19(14)27/h3-12H,13H2,1-2H3,(H2,31,34,35). The van der Waals surface area contributed by atoms with E-state index in [4.69, 9.17) is 51.5 Å². The van der Waals surface area contributed by atoms with Gasteiger partial charge in [-0.1, -0.05) is 78.1 Å². The van der Waals surface area contributed by atoms with Crippen molar-refractivity contribution in [3.05, 3.63) is 104 Å². The first kappa shape index (κ1) is 28.2. The minimum Gasteiger partial charge on any atom is -0.291 e. The number of rotatable bonds is 7. The van der Waals surface area contributed by atoms with Crippen LogP contribution in [0.5, 0.6) is 0 Å². The predicted molar refractivity (Wildman–Crippen MR) is 150 cm³/mol. The Bertz CT molecular complexity index is 1590. The van der Waals surface area contributed by atoms with Crippen molar-refractivity contribution in [2.45, 2.75) is 35.1 Å². The molecule has 0 radical (unpaired) electrons. The molecule has 3 aromatic carbocycles. The molecule has 0 spiro atoms. The Morgan fingerprint density at radius 1 is 0.946 bits per heavy atom. The van der Waals surface area contributed by atoms with E-state index in [0.717, 1.165) is 11.3 Å². The second kappa shape index (κ2) is 10.8. The van der Waals surface area contributed by atoms with E-state index in [1.54, 1.807) is 30.5 Å². The van der Waals surface area contributed by atoms with Crippen molar-refractivity contribution in [3.63, 3.8) is 0 Å². The second-order valence-electron chi connectivity index (χ2n) is 8.70. The lowest BCUT2D eigenvalue weighted by Crippen LogP contribution is -2.23. The summed E-state index contributed by atoms with van der Waals surface area (Å²) in [5.74, 6) is -0.101. The van der Waals surface area contributed by atoms with E-state index in [1.165, 1.54) is 36.0 Å². The quantitative estimate of drug-likeness (QED) is 0.214. The average Bonchev–Trinajstić information content (AvgIpc) is 3.24. The number of halogens is 5. The number of nitrogens with two attached hydrogens (primary N) is 1. The van der Waals surface area contributed by atoms with Gasteiger partial charge in [0.1, 0.15) is 10.7 Å². The molecule has 37 heavy (non-hydrogen) atoms. The molecule has 0 fully saturated rings. The zero-order valence-electron chi connectivity index (χ0n) is 19.5. The largest absolute Gasteiger partial charge is 0.291 e. The molecule has 194 valence electrons. The molecule has 0 aliphatic rings. The molecule has 0 aliphatic carbocycles. The van der Waals surface area contributed by atoms with Crippen LogP contribution in [0.3, 0.4) is 0 Å². The molecule has 0 aliphatic heterocycles. The van der Waals surface area contributed by atoms with Gasteiger partial charge in [0.25, 0.3) is 0 Å². The van der Waals surface area contributed by atoms with Crippen LogP contribution in [0.4, 0.5) is 4.39 Å². The molecule has 2 N–H and O–H groups in total. The van der Waals surface area contributed by atoms with Gasteiger partial charge in [-0.2, -0.15) is 0 Å². The molecule has 1 aromatic heterocycles. The van der Waals surface area contributed by atoms with Crippen molar-refractivity contribution in [2.75, 3.05) is 0 Å². The summed E-state index contributed by atoms with van der Waals surface area (Å²) in [6, 6.07) is 14.2. The molecule has 0 amide bonds. The number of sulfonamides is 1. The fraction of sp³-hybridized carbons (Fsp3) is 0.160. The predicted octanol–water partition coefficient (Wildman–Crippen LogP) is 7.89. The molecule has 1 heterocycles. The van der Waals surface area contributed by atoms with E-state index < -0.39 is 15.4 Å². The minimum atomic E-state index is -4.04. The molecule has 12 heteroatoms. The third-order valence-corrected chi connectivity index (χ3v) is 9.33. The van der Waals surface area contributed by atoms with Gasteiger partial charge in [0.05, 0.1) is 27.0 Å². The van der Waals surface area contributed by atoms with Crippen LogP contribution in [0.2, 0.25) is 20.1 Å². The van der Waals surface area contributed by atoms with Crippen LogP contribution in [0.1, 0.15) is 30.7 Å². The summed E-state index contributed by atoms with van der Waals surface area (Å²) in [5.41, 5.74) is 2.34. The molecule has 0 atom stereocenters. The number of primary sulfonamides is 1. The molecule has 4 rings (SSSR count). The highest BCUT2D eigenvalue weighted by molar-refractivity contribution is 7.98. The molecule has 0 bridgehead atoms. The van der Waals surface area contributed by atoms with Crippen LogP contribution >= 0.6 is 58.2 Å². The minimum absolute atomic E-state index is 0.0558. The monoisotopic (exact) mass is 617 g/mol. The van der Waals surface area contributed by atoms with Crippen molar-refractivity contribution in [1.82, 2.24) is 9.55 Å². The Morgan fingerprint density at radius 2 is 1.62 bits per heavy atom. The number of thioether (sulfide) groups is 1. The lowest BCUT2D eigenvalue weighted by atomic mass is 9.81. The van der Waals surface area contributed by atoms with Crippen LogP contribution in [0.25, 0.3) is 5.69 Å². The number of imidazole rings is 1. The molecular formula is C25H20Cl4FN3O2S2. The smallest absolute Gasteiger partial charge is 0.239 e. The highest BCUT2D eigenvalue weighted by atomic mass is 35.5. The van der Waals surface area contributed by atoms with E-state index >= 15 is 0 Å². The summed E-state index contributed by atoms with van der Waals surface area (Å²) < 4.78 is 39.5. The first-order chi connectivity index (χ1) is 17.3. The van der Waals surface area contributed by atoms with Gasteiger partial charge in [-0.15, -0.1) is 0 Å². The van der Waals surface area contributed by atoms with Gasteiger partial charge in [0.2, 0.25) is 10.0 Å².